The third-order valence-electron chi connectivity index (χ3n) is 1.30. The summed E-state index contributed by atoms with van der Waals surface area (Å²) in [5.41, 5.74) is 0.931. The molecule has 0 aromatic rings. The Morgan fingerprint density at radius 3 is 2.36 bits per heavy atom. The summed E-state index contributed by atoms with van der Waals surface area (Å²) in [7, 11) is 0. The number of hydrazine groups is 1. The summed E-state index contributed by atoms with van der Waals surface area (Å²) in [5, 5.41) is 9.30. The topological polar surface area (TPSA) is 78.9 Å². The Bertz CT molecular complexity index is 212. The van der Waals surface area contributed by atoms with Gasteiger partial charge in [-0.3, -0.25) is 5.21 Å². The van der Waals surface area contributed by atoms with Crippen molar-refractivity contribution in [3.05, 3.63) is 0 Å². The van der Waals surface area contributed by atoms with E-state index in [9.17, 15) is 9.59 Å². The molecule has 0 rings (SSSR count). The molecule has 0 bridgehead atoms. The molecule has 82 valence electrons. The first-order valence-electron chi connectivity index (χ1n) is 4.19. The maximum absolute atomic E-state index is 11.3. The Morgan fingerprint density at radius 1 is 1.57 bits per heavy atom. The molecule has 1 unspecified atom stereocenters. The molecular formula is C8H16N2O4. The summed E-state index contributed by atoms with van der Waals surface area (Å²) in [6, 6.07) is -0.796. The summed E-state index contributed by atoms with van der Waals surface area (Å²) in [6.07, 6.45) is -0.299. The van der Waals surface area contributed by atoms with Crippen LogP contribution in [0.3, 0.4) is 0 Å². The van der Waals surface area contributed by atoms with E-state index in [1.54, 1.807) is 26.4 Å². The maximum Gasteiger partial charge on any atom is 0.427 e. The standard InChI is InChI=1S/C8H16N2O4/c1-6(5-11)10(9-13)7(12)14-8(2,3)4/h5-6,9,13H,1-4H3. The summed E-state index contributed by atoms with van der Waals surface area (Å²) in [4.78, 5) is 21.7. The van der Waals surface area contributed by atoms with Gasteiger partial charge in [0.25, 0.3) is 0 Å². The van der Waals surface area contributed by atoms with Gasteiger partial charge in [-0.1, -0.05) is 0 Å². The predicted molar refractivity (Wildman–Crippen MR) is 48.5 cm³/mol. The number of hydrogen-bond donors (Lipinski definition) is 2. The molecule has 14 heavy (non-hydrogen) atoms. The van der Waals surface area contributed by atoms with E-state index in [1.807, 2.05) is 0 Å². The van der Waals surface area contributed by atoms with Crippen LogP contribution >= 0.6 is 0 Å². The molecular weight excluding hydrogens is 188 g/mol. The number of nitrogens with zero attached hydrogens (tertiary/aromatic N) is 1. The first-order valence-corrected chi connectivity index (χ1v) is 4.19. The third-order valence-corrected chi connectivity index (χ3v) is 1.30. The largest absolute Gasteiger partial charge is 0.443 e. The fourth-order valence-electron chi connectivity index (χ4n) is 0.670. The van der Waals surface area contributed by atoms with Crippen molar-refractivity contribution in [2.45, 2.75) is 39.3 Å². The lowest BCUT2D eigenvalue weighted by Gasteiger charge is -2.27. The lowest BCUT2D eigenvalue weighted by Crippen LogP contribution is -2.49. The summed E-state index contributed by atoms with van der Waals surface area (Å²) in [5.74, 6) is 0. The number of amides is 1. The van der Waals surface area contributed by atoms with Crippen LogP contribution in [0, 0.1) is 0 Å². The Balaban J connectivity index is 4.40. The highest BCUT2D eigenvalue weighted by atomic mass is 16.6. The number of nitrogens with one attached hydrogen (secondary N) is 1. The highest BCUT2D eigenvalue weighted by molar-refractivity contribution is 5.72. The molecule has 0 aliphatic rings. The average molecular weight is 204 g/mol. The van der Waals surface area contributed by atoms with E-state index >= 15 is 0 Å². The summed E-state index contributed by atoms with van der Waals surface area (Å²) in [6.45, 7) is 6.50. The minimum absolute atomic E-state index is 0.507. The van der Waals surface area contributed by atoms with E-state index < -0.39 is 17.7 Å². The molecule has 0 aromatic carbocycles. The van der Waals surface area contributed by atoms with Crippen molar-refractivity contribution in [3.8, 4) is 0 Å². The highest BCUT2D eigenvalue weighted by Crippen LogP contribution is 2.09. The zero-order chi connectivity index (χ0) is 11.4. The van der Waals surface area contributed by atoms with Gasteiger partial charge in [0.2, 0.25) is 0 Å². The van der Waals surface area contributed by atoms with Crippen molar-refractivity contribution in [1.29, 1.82) is 0 Å². The summed E-state index contributed by atoms with van der Waals surface area (Å²) >= 11 is 0. The van der Waals surface area contributed by atoms with Gasteiger partial charge in [-0.25, -0.2) is 9.80 Å². The fraction of sp³-hybridized carbons (Fsp3) is 0.750. The number of carbonyl (C=O) groups excluding carboxylic acids is 2. The monoisotopic (exact) mass is 204 g/mol. The van der Waals surface area contributed by atoms with Crippen LogP contribution in [-0.2, 0) is 9.53 Å². The summed E-state index contributed by atoms with van der Waals surface area (Å²) < 4.78 is 4.92. The molecule has 1 atom stereocenters. The van der Waals surface area contributed by atoms with Gasteiger partial charge in [0.05, 0.1) is 0 Å². The Hall–Kier alpha value is -1.14. The van der Waals surface area contributed by atoms with E-state index in [0.717, 1.165) is 0 Å². The number of rotatable bonds is 3. The Kier molecular flexibility index (Phi) is 4.52. The number of hydrogen-bond acceptors (Lipinski definition) is 5. The number of ether oxygens (including phenoxy) is 1. The van der Waals surface area contributed by atoms with Gasteiger partial charge in [0.15, 0.2) is 0 Å². The molecule has 0 aliphatic heterocycles. The van der Waals surface area contributed by atoms with Crippen LogP contribution in [-0.4, -0.2) is 34.2 Å². The normalized spacial score (nSPS) is 13.2. The van der Waals surface area contributed by atoms with Gasteiger partial charge in [-0.15, -0.1) is 5.59 Å². The lowest BCUT2D eigenvalue weighted by molar-refractivity contribution is -0.118. The van der Waals surface area contributed by atoms with Crippen LogP contribution in [0.4, 0.5) is 4.79 Å². The molecule has 0 radical (unpaired) electrons. The molecule has 0 spiro atoms. The zero-order valence-electron chi connectivity index (χ0n) is 8.77. The van der Waals surface area contributed by atoms with Gasteiger partial charge >= 0.3 is 6.09 Å². The Labute approximate surface area is 82.8 Å². The quantitative estimate of drug-likeness (QED) is 0.522. The van der Waals surface area contributed by atoms with E-state index in [-0.39, 0.29) is 0 Å². The second-order valence-electron chi connectivity index (χ2n) is 3.83. The smallest absolute Gasteiger partial charge is 0.427 e. The van der Waals surface area contributed by atoms with E-state index in [4.69, 9.17) is 9.94 Å². The molecule has 6 nitrogen and oxygen atoms in total. The number of carbonyl (C=O) groups is 2. The van der Waals surface area contributed by atoms with Crippen LogP contribution in [0.1, 0.15) is 27.7 Å². The van der Waals surface area contributed by atoms with Crippen molar-refractivity contribution in [2.24, 2.45) is 0 Å². The number of aldehydes is 1. The second-order valence-corrected chi connectivity index (χ2v) is 3.83. The van der Waals surface area contributed by atoms with Crippen LogP contribution < -0.4 is 5.59 Å². The first-order chi connectivity index (χ1) is 6.31. The minimum atomic E-state index is -0.806. The minimum Gasteiger partial charge on any atom is -0.443 e. The van der Waals surface area contributed by atoms with Crippen LogP contribution in [0.5, 0.6) is 0 Å². The lowest BCUT2D eigenvalue weighted by atomic mass is 10.2. The maximum atomic E-state index is 11.3. The van der Waals surface area contributed by atoms with Gasteiger partial charge in [0, 0.05) is 0 Å². The fourth-order valence-corrected chi connectivity index (χ4v) is 0.670. The van der Waals surface area contributed by atoms with E-state index in [1.165, 1.54) is 6.92 Å². The predicted octanol–water partition coefficient (Wildman–Crippen LogP) is 0.705. The molecule has 1 amide bonds. The molecule has 0 aliphatic carbocycles. The molecule has 2 N–H and O–H groups in total. The van der Waals surface area contributed by atoms with Crippen molar-refractivity contribution in [2.75, 3.05) is 0 Å². The SMILES string of the molecule is CC(C=O)N(NO)C(=O)OC(C)(C)C. The molecule has 0 saturated carbocycles. The zero-order valence-corrected chi connectivity index (χ0v) is 8.77. The van der Waals surface area contributed by atoms with E-state index in [0.29, 0.717) is 11.3 Å². The van der Waals surface area contributed by atoms with Crippen molar-refractivity contribution in [1.82, 2.24) is 10.6 Å². The van der Waals surface area contributed by atoms with Crippen LogP contribution in [0.15, 0.2) is 0 Å². The van der Waals surface area contributed by atoms with Gasteiger partial charge < -0.3 is 9.53 Å². The average Bonchev–Trinajstić information content (AvgIpc) is 2.01. The van der Waals surface area contributed by atoms with Gasteiger partial charge in [-0.2, -0.15) is 0 Å². The van der Waals surface area contributed by atoms with Crippen LogP contribution in [0.25, 0.3) is 0 Å². The third kappa shape index (κ3) is 4.20. The molecule has 6 heteroatoms. The highest BCUT2D eigenvalue weighted by Gasteiger charge is 2.25. The van der Waals surface area contributed by atoms with E-state index in [2.05, 4.69) is 0 Å². The molecule has 0 heterocycles. The molecule has 0 aromatic heterocycles. The van der Waals surface area contributed by atoms with Crippen LogP contribution in [0.2, 0.25) is 0 Å². The molecule has 0 fully saturated rings. The van der Waals surface area contributed by atoms with Crippen molar-refractivity contribution in [3.63, 3.8) is 0 Å². The first kappa shape index (κ1) is 12.9. The van der Waals surface area contributed by atoms with Crippen molar-refractivity contribution >= 4 is 12.4 Å². The van der Waals surface area contributed by atoms with Crippen molar-refractivity contribution < 1.29 is 19.5 Å². The second kappa shape index (κ2) is 4.92. The van der Waals surface area contributed by atoms with Gasteiger partial charge in [0.1, 0.15) is 17.9 Å². The van der Waals surface area contributed by atoms with Gasteiger partial charge in [-0.05, 0) is 27.7 Å². The Morgan fingerprint density at radius 2 is 2.07 bits per heavy atom. The molecule has 0 saturated heterocycles.